The predicted molar refractivity (Wildman–Crippen MR) is 55.0 cm³/mol. The Morgan fingerprint density at radius 3 is 2.86 bits per heavy atom. The van der Waals surface area contributed by atoms with E-state index in [0.29, 0.717) is 6.04 Å². The van der Waals surface area contributed by atoms with E-state index in [-0.39, 0.29) is 11.8 Å². The van der Waals surface area contributed by atoms with Gasteiger partial charge in [-0.25, -0.2) is 0 Å². The van der Waals surface area contributed by atoms with Crippen LogP contribution >= 0.6 is 0 Å². The van der Waals surface area contributed by atoms with Gasteiger partial charge in [-0.2, -0.15) is 0 Å². The van der Waals surface area contributed by atoms with E-state index in [1.54, 1.807) is 0 Å². The maximum absolute atomic E-state index is 11.6. The molecule has 0 bridgehead atoms. The highest BCUT2D eigenvalue weighted by Crippen LogP contribution is 2.10. The summed E-state index contributed by atoms with van der Waals surface area (Å²) in [7, 11) is 2.11. The molecule has 2 fully saturated rings. The highest BCUT2D eigenvalue weighted by molar-refractivity contribution is 5.80. The fourth-order valence-corrected chi connectivity index (χ4v) is 2.08. The van der Waals surface area contributed by atoms with Crippen LogP contribution in [-0.4, -0.2) is 50.1 Å². The minimum absolute atomic E-state index is 0.224. The molecule has 0 saturated carbocycles. The van der Waals surface area contributed by atoms with Gasteiger partial charge in [0, 0.05) is 25.7 Å². The van der Waals surface area contributed by atoms with E-state index >= 15 is 0 Å². The van der Waals surface area contributed by atoms with Crippen LogP contribution in [0.5, 0.6) is 0 Å². The summed E-state index contributed by atoms with van der Waals surface area (Å²) >= 11 is 0. The minimum Gasteiger partial charge on any atom is -0.352 e. The van der Waals surface area contributed by atoms with Gasteiger partial charge in [0.2, 0.25) is 5.91 Å². The van der Waals surface area contributed by atoms with E-state index in [9.17, 15) is 4.79 Å². The number of hydrogen-bond donors (Lipinski definition) is 2. The van der Waals surface area contributed by atoms with E-state index in [0.717, 1.165) is 32.6 Å². The number of carbonyl (C=O) groups excluding carboxylic acids is 1. The summed E-state index contributed by atoms with van der Waals surface area (Å²) in [6.07, 6.45) is 2.33. The van der Waals surface area contributed by atoms with Crippen molar-refractivity contribution in [3.8, 4) is 0 Å². The van der Waals surface area contributed by atoms with Crippen LogP contribution in [0.2, 0.25) is 0 Å². The zero-order chi connectivity index (χ0) is 9.97. The van der Waals surface area contributed by atoms with Gasteiger partial charge >= 0.3 is 0 Å². The molecular weight excluding hydrogens is 178 g/mol. The third kappa shape index (κ3) is 2.25. The van der Waals surface area contributed by atoms with Crippen LogP contribution in [0.4, 0.5) is 0 Å². The summed E-state index contributed by atoms with van der Waals surface area (Å²) < 4.78 is 0. The number of likely N-dealkylation sites (N-methyl/N-ethyl adjacent to an activating group) is 1. The summed E-state index contributed by atoms with van der Waals surface area (Å²) in [6.45, 7) is 3.88. The third-order valence-corrected chi connectivity index (χ3v) is 3.12. The molecule has 2 rings (SSSR count). The standard InChI is InChI=1S/C10H19N3O/c1-13-4-2-3-9(7-13)12-10(14)8-5-11-6-8/h8-9,11H,2-7H2,1H3,(H,12,14). The van der Waals surface area contributed by atoms with Gasteiger partial charge in [0.05, 0.1) is 5.92 Å². The monoisotopic (exact) mass is 197 g/mol. The van der Waals surface area contributed by atoms with Crippen molar-refractivity contribution in [1.82, 2.24) is 15.5 Å². The molecule has 4 nitrogen and oxygen atoms in total. The van der Waals surface area contributed by atoms with Crippen molar-refractivity contribution in [3.63, 3.8) is 0 Å². The lowest BCUT2D eigenvalue weighted by Gasteiger charge is -2.33. The first-order valence-electron chi connectivity index (χ1n) is 5.45. The molecule has 80 valence electrons. The zero-order valence-electron chi connectivity index (χ0n) is 8.75. The predicted octanol–water partition coefficient (Wildman–Crippen LogP) is -0.584. The Morgan fingerprint density at radius 1 is 1.50 bits per heavy atom. The highest BCUT2D eigenvalue weighted by atomic mass is 16.2. The Hall–Kier alpha value is -0.610. The smallest absolute Gasteiger partial charge is 0.225 e. The second-order valence-corrected chi connectivity index (χ2v) is 4.47. The molecular formula is C10H19N3O. The summed E-state index contributed by atoms with van der Waals surface area (Å²) in [5.41, 5.74) is 0. The van der Waals surface area contributed by atoms with Crippen LogP contribution in [0.15, 0.2) is 0 Å². The molecule has 0 radical (unpaired) electrons. The van der Waals surface area contributed by atoms with Crippen molar-refractivity contribution < 1.29 is 4.79 Å². The van der Waals surface area contributed by atoms with Crippen LogP contribution in [-0.2, 0) is 4.79 Å². The quantitative estimate of drug-likeness (QED) is 0.622. The average molecular weight is 197 g/mol. The van der Waals surface area contributed by atoms with Crippen LogP contribution < -0.4 is 10.6 Å². The number of amides is 1. The van der Waals surface area contributed by atoms with Crippen LogP contribution in [0, 0.1) is 5.92 Å². The number of rotatable bonds is 2. The first-order valence-corrected chi connectivity index (χ1v) is 5.45. The van der Waals surface area contributed by atoms with Crippen LogP contribution in [0.25, 0.3) is 0 Å². The lowest BCUT2D eigenvalue weighted by molar-refractivity contribution is -0.127. The van der Waals surface area contributed by atoms with Crippen molar-refractivity contribution >= 4 is 5.91 Å². The van der Waals surface area contributed by atoms with Gasteiger partial charge < -0.3 is 15.5 Å². The minimum atomic E-state index is 0.224. The van der Waals surface area contributed by atoms with E-state index in [1.165, 1.54) is 6.42 Å². The highest BCUT2D eigenvalue weighted by Gasteiger charge is 2.27. The molecule has 14 heavy (non-hydrogen) atoms. The van der Waals surface area contributed by atoms with Crippen molar-refractivity contribution in [3.05, 3.63) is 0 Å². The Bertz CT molecular complexity index is 215. The zero-order valence-corrected chi connectivity index (χ0v) is 8.75. The summed E-state index contributed by atoms with van der Waals surface area (Å²) in [5.74, 6) is 0.464. The Kier molecular flexibility index (Phi) is 3.03. The lowest BCUT2D eigenvalue weighted by atomic mass is 10.0. The number of carbonyl (C=O) groups is 1. The van der Waals surface area contributed by atoms with Gasteiger partial charge in [0.1, 0.15) is 0 Å². The molecule has 1 unspecified atom stereocenters. The molecule has 2 saturated heterocycles. The van der Waals surface area contributed by atoms with Gasteiger partial charge in [-0.1, -0.05) is 0 Å². The topological polar surface area (TPSA) is 44.4 Å². The first-order chi connectivity index (χ1) is 6.75. The van der Waals surface area contributed by atoms with E-state index in [1.807, 2.05) is 0 Å². The van der Waals surface area contributed by atoms with E-state index in [4.69, 9.17) is 0 Å². The van der Waals surface area contributed by atoms with Crippen LogP contribution in [0.1, 0.15) is 12.8 Å². The molecule has 0 aromatic heterocycles. The average Bonchev–Trinajstić information content (AvgIpc) is 1.99. The molecule has 0 aliphatic carbocycles. The van der Waals surface area contributed by atoms with Crippen molar-refractivity contribution in [1.29, 1.82) is 0 Å². The maximum Gasteiger partial charge on any atom is 0.225 e. The summed E-state index contributed by atoms with van der Waals surface area (Å²) in [4.78, 5) is 13.9. The molecule has 2 N–H and O–H groups in total. The number of nitrogens with zero attached hydrogens (tertiary/aromatic N) is 1. The van der Waals surface area contributed by atoms with E-state index in [2.05, 4.69) is 22.6 Å². The first kappa shape index (κ1) is 9.93. The molecule has 2 heterocycles. The summed E-state index contributed by atoms with van der Waals surface area (Å²) in [5, 5.41) is 6.25. The van der Waals surface area contributed by atoms with Crippen molar-refractivity contribution in [2.75, 3.05) is 33.2 Å². The molecule has 1 atom stereocenters. The van der Waals surface area contributed by atoms with Gasteiger partial charge in [-0.05, 0) is 26.4 Å². The van der Waals surface area contributed by atoms with Gasteiger partial charge in [0.25, 0.3) is 0 Å². The third-order valence-electron chi connectivity index (χ3n) is 3.12. The van der Waals surface area contributed by atoms with Gasteiger partial charge in [0.15, 0.2) is 0 Å². The normalized spacial score (nSPS) is 29.6. The van der Waals surface area contributed by atoms with Crippen LogP contribution in [0.3, 0.4) is 0 Å². The van der Waals surface area contributed by atoms with Crippen molar-refractivity contribution in [2.24, 2.45) is 5.92 Å². The second-order valence-electron chi connectivity index (χ2n) is 4.47. The fourth-order valence-electron chi connectivity index (χ4n) is 2.08. The fraction of sp³-hybridized carbons (Fsp3) is 0.900. The molecule has 4 heteroatoms. The molecule has 1 amide bonds. The molecule has 0 aromatic rings. The number of nitrogens with one attached hydrogen (secondary N) is 2. The molecule has 0 aromatic carbocycles. The maximum atomic E-state index is 11.6. The van der Waals surface area contributed by atoms with E-state index < -0.39 is 0 Å². The Labute approximate surface area is 85.0 Å². The largest absolute Gasteiger partial charge is 0.352 e. The summed E-state index contributed by atoms with van der Waals surface area (Å²) in [6, 6.07) is 0.377. The number of piperidine rings is 1. The lowest BCUT2D eigenvalue weighted by Crippen LogP contribution is -2.55. The van der Waals surface area contributed by atoms with Crippen molar-refractivity contribution in [2.45, 2.75) is 18.9 Å². The number of hydrogen-bond acceptors (Lipinski definition) is 3. The van der Waals surface area contributed by atoms with Gasteiger partial charge in [-0.15, -0.1) is 0 Å². The number of likely N-dealkylation sites (tertiary alicyclic amines) is 1. The molecule has 2 aliphatic heterocycles. The molecule has 0 spiro atoms. The van der Waals surface area contributed by atoms with Gasteiger partial charge in [-0.3, -0.25) is 4.79 Å². The second kappa shape index (κ2) is 4.28. The Balaban J connectivity index is 1.75. The SMILES string of the molecule is CN1CCCC(NC(=O)C2CNC2)C1. The Morgan fingerprint density at radius 2 is 2.29 bits per heavy atom. The molecule has 2 aliphatic rings.